The second kappa shape index (κ2) is 10.6. The Kier molecular flexibility index (Phi) is 7.82. The molecule has 34 heavy (non-hydrogen) atoms. The van der Waals surface area contributed by atoms with Gasteiger partial charge in [-0.05, 0) is 48.5 Å². The number of halogens is 4. The quantitative estimate of drug-likeness (QED) is 0.255. The molecule has 0 saturated carbocycles. The van der Waals surface area contributed by atoms with E-state index in [0.29, 0.717) is 35.4 Å². The highest BCUT2D eigenvalue weighted by Crippen LogP contribution is 2.34. The lowest BCUT2D eigenvalue weighted by Crippen LogP contribution is -2.37. The highest BCUT2D eigenvalue weighted by Gasteiger charge is 2.35. The van der Waals surface area contributed by atoms with E-state index >= 15 is 0 Å². The fourth-order valence-corrected chi connectivity index (χ4v) is 3.87. The molecule has 1 heterocycles. The molecule has 0 atom stereocenters. The minimum absolute atomic E-state index is 0.122. The van der Waals surface area contributed by atoms with Crippen LogP contribution in [0.15, 0.2) is 29.2 Å². The first-order valence-corrected chi connectivity index (χ1v) is 10.7. The van der Waals surface area contributed by atoms with E-state index < -0.39 is 45.9 Å². The summed E-state index contributed by atoms with van der Waals surface area (Å²) in [6, 6.07) is 5.19. The summed E-state index contributed by atoms with van der Waals surface area (Å²) in [7, 11) is 1.46. The molecule has 0 spiro atoms. The third-order valence-corrected chi connectivity index (χ3v) is 5.53. The zero-order valence-corrected chi connectivity index (χ0v) is 18.7. The number of benzene rings is 2. The zero-order valence-electron chi connectivity index (χ0n) is 17.9. The largest absolute Gasteiger partial charge is 0.493 e. The minimum Gasteiger partial charge on any atom is -0.493 e. The number of thioether (sulfide) groups is 1. The fourth-order valence-electron chi connectivity index (χ4n) is 3.01. The van der Waals surface area contributed by atoms with Crippen LogP contribution in [0.3, 0.4) is 0 Å². The van der Waals surface area contributed by atoms with Crippen LogP contribution in [-0.4, -0.2) is 48.8 Å². The molecule has 2 aromatic rings. The van der Waals surface area contributed by atoms with Crippen LogP contribution in [0.1, 0.15) is 22.8 Å². The Morgan fingerprint density at radius 1 is 1.09 bits per heavy atom. The number of nitrogens with one attached hydrogen (secondary N) is 1. The van der Waals surface area contributed by atoms with Crippen molar-refractivity contribution in [1.82, 2.24) is 10.2 Å². The average molecular weight is 498 g/mol. The van der Waals surface area contributed by atoms with Crippen molar-refractivity contribution in [2.75, 3.05) is 26.8 Å². The molecule has 0 bridgehead atoms. The van der Waals surface area contributed by atoms with Crippen molar-refractivity contribution in [2.24, 2.45) is 0 Å². The van der Waals surface area contributed by atoms with Gasteiger partial charge in [0.2, 0.25) is 0 Å². The molecular formula is C22H18F4N2O5S. The van der Waals surface area contributed by atoms with E-state index in [2.05, 4.69) is 5.32 Å². The summed E-state index contributed by atoms with van der Waals surface area (Å²) in [5.74, 6) is -8.64. The summed E-state index contributed by atoms with van der Waals surface area (Å²) in [5.41, 5.74) is -0.468. The van der Waals surface area contributed by atoms with Crippen molar-refractivity contribution in [3.8, 4) is 11.5 Å². The number of carbonyl (C=O) groups is 3. The van der Waals surface area contributed by atoms with Crippen molar-refractivity contribution in [1.29, 1.82) is 0 Å². The number of ether oxygens (including phenoxy) is 2. The first kappa shape index (κ1) is 25.1. The van der Waals surface area contributed by atoms with E-state index in [4.69, 9.17) is 9.47 Å². The van der Waals surface area contributed by atoms with Gasteiger partial charge in [-0.2, -0.15) is 0 Å². The second-order valence-electron chi connectivity index (χ2n) is 6.78. The normalized spacial score (nSPS) is 14.6. The lowest BCUT2D eigenvalue weighted by atomic mass is 10.1. The van der Waals surface area contributed by atoms with E-state index in [-0.39, 0.29) is 24.1 Å². The lowest BCUT2D eigenvalue weighted by molar-refractivity contribution is -0.122. The number of nitrogens with zero attached hydrogens (tertiary/aromatic N) is 1. The van der Waals surface area contributed by atoms with Gasteiger partial charge in [0.25, 0.3) is 17.1 Å². The summed E-state index contributed by atoms with van der Waals surface area (Å²) in [4.78, 5) is 37.9. The van der Waals surface area contributed by atoms with Crippen LogP contribution >= 0.6 is 11.8 Å². The molecule has 1 fully saturated rings. The van der Waals surface area contributed by atoms with Gasteiger partial charge in [0, 0.05) is 13.1 Å². The predicted molar refractivity (Wildman–Crippen MR) is 115 cm³/mol. The van der Waals surface area contributed by atoms with Crippen molar-refractivity contribution >= 4 is 34.9 Å². The van der Waals surface area contributed by atoms with E-state index in [9.17, 15) is 31.9 Å². The summed E-state index contributed by atoms with van der Waals surface area (Å²) in [6.45, 7) is 1.64. The Hall–Kier alpha value is -3.54. The number of amides is 3. The molecule has 3 rings (SSSR count). The Balaban J connectivity index is 1.66. The number of hydrogen-bond acceptors (Lipinski definition) is 6. The van der Waals surface area contributed by atoms with Gasteiger partial charge in [-0.3, -0.25) is 19.3 Å². The number of carbonyl (C=O) groups excluding carboxylic acids is 3. The number of imide groups is 1. The van der Waals surface area contributed by atoms with Gasteiger partial charge in [-0.25, -0.2) is 17.6 Å². The number of methoxy groups -OCH3 is 1. The minimum atomic E-state index is -2.12. The van der Waals surface area contributed by atoms with Crippen LogP contribution < -0.4 is 14.8 Å². The van der Waals surface area contributed by atoms with E-state index in [0.717, 1.165) is 4.90 Å². The van der Waals surface area contributed by atoms with Crippen molar-refractivity contribution in [2.45, 2.75) is 6.92 Å². The zero-order chi connectivity index (χ0) is 25.0. The maximum Gasteiger partial charge on any atom is 0.293 e. The van der Waals surface area contributed by atoms with Gasteiger partial charge in [0.15, 0.2) is 34.8 Å². The molecule has 0 unspecified atom stereocenters. The van der Waals surface area contributed by atoms with Crippen molar-refractivity contribution < 1.29 is 41.4 Å². The Labute approximate surface area is 195 Å². The summed E-state index contributed by atoms with van der Waals surface area (Å²) < 4.78 is 64.1. The van der Waals surface area contributed by atoms with E-state index in [1.165, 1.54) is 13.2 Å². The molecule has 1 N–H and O–H groups in total. The predicted octanol–water partition coefficient (Wildman–Crippen LogP) is 4.12. The van der Waals surface area contributed by atoms with Gasteiger partial charge in [-0.1, -0.05) is 6.07 Å². The maximum absolute atomic E-state index is 13.7. The monoisotopic (exact) mass is 498 g/mol. The Morgan fingerprint density at radius 2 is 1.82 bits per heavy atom. The third-order valence-electron chi connectivity index (χ3n) is 4.63. The molecular weight excluding hydrogens is 480 g/mol. The van der Waals surface area contributed by atoms with Gasteiger partial charge >= 0.3 is 0 Å². The van der Waals surface area contributed by atoms with Gasteiger partial charge in [0.05, 0.1) is 24.2 Å². The standard InChI is InChI=1S/C22H18F4N2O5S/c1-3-33-14-5-4-11(8-15(14)32-2)9-16-21(30)28(22(31)34-16)7-6-27-20(29)12-10-13(23)18(25)19(26)17(12)24/h4-5,8-10H,3,6-7H2,1-2H3,(H,27,29). The summed E-state index contributed by atoms with van der Waals surface area (Å²) in [5, 5.41) is 1.54. The topological polar surface area (TPSA) is 84.9 Å². The molecule has 3 amide bonds. The van der Waals surface area contributed by atoms with Gasteiger partial charge in [0.1, 0.15) is 0 Å². The summed E-state index contributed by atoms with van der Waals surface area (Å²) >= 11 is 0.681. The molecule has 180 valence electrons. The van der Waals surface area contributed by atoms with E-state index in [1.807, 2.05) is 6.92 Å². The molecule has 1 saturated heterocycles. The smallest absolute Gasteiger partial charge is 0.293 e. The van der Waals surface area contributed by atoms with Crippen LogP contribution in [0.5, 0.6) is 11.5 Å². The number of rotatable bonds is 8. The molecule has 12 heteroatoms. The van der Waals surface area contributed by atoms with Crippen LogP contribution in [0.25, 0.3) is 6.08 Å². The van der Waals surface area contributed by atoms with Gasteiger partial charge in [-0.15, -0.1) is 0 Å². The first-order valence-electron chi connectivity index (χ1n) is 9.85. The second-order valence-corrected chi connectivity index (χ2v) is 7.77. The first-order chi connectivity index (χ1) is 16.2. The van der Waals surface area contributed by atoms with Crippen LogP contribution in [0.2, 0.25) is 0 Å². The average Bonchev–Trinajstić information content (AvgIpc) is 3.08. The van der Waals surface area contributed by atoms with Crippen LogP contribution in [-0.2, 0) is 4.79 Å². The SMILES string of the molecule is CCOc1ccc(C=C2SC(=O)N(CCNC(=O)c3cc(F)c(F)c(F)c3F)C2=O)cc1OC. The summed E-state index contributed by atoms with van der Waals surface area (Å²) in [6.07, 6.45) is 1.49. The third kappa shape index (κ3) is 5.16. The van der Waals surface area contributed by atoms with Gasteiger partial charge < -0.3 is 14.8 Å². The molecule has 1 aliphatic heterocycles. The molecule has 0 aromatic heterocycles. The molecule has 7 nitrogen and oxygen atoms in total. The highest BCUT2D eigenvalue weighted by atomic mass is 32.2. The molecule has 1 aliphatic rings. The Morgan fingerprint density at radius 3 is 2.50 bits per heavy atom. The fraction of sp³-hybridized carbons (Fsp3) is 0.227. The highest BCUT2D eigenvalue weighted by molar-refractivity contribution is 8.18. The van der Waals surface area contributed by atoms with Crippen LogP contribution in [0.4, 0.5) is 22.4 Å². The van der Waals surface area contributed by atoms with Crippen LogP contribution in [0, 0.1) is 23.3 Å². The molecule has 0 radical (unpaired) electrons. The Bertz CT molecular complexity index is 1190. The number of hydrogen-bond donors (Lipinski definition) is 1. The lowest BCUT2D eigenvalue weighted by Gasteiger charge is -2.13. The van der Waals surface area contributed by atoms with Crippen molar-refractivity contribution in [3.05, 3.63) is 63.6 Å². The molecule has 2 aromatic carbocycles. The van der Waals surface area contributed by atoms with Crippen molar-refractivity contribution in [3.63, 3.8) is 0 Å². The molecule has 0 aliphatic carbocycles. The van der Waals surface area contributed by atoms with E-state index in [1.54, 1.807) is 18.2 Å². The maximum atomic E-state index is 13.7.